The average Bonchev–Trinajstić information content (AvgIpc) is 2.58. The van der Waals surface area contributed by atoms with Crippen molar-refractivity contribution >= 4 is 11.9 Å². The fourth-order valence-corrected chi connectivity index (χ4v) is 3.42. The molecule has 4 heteroatoms. The minimum atomic E-state index is -1.06. The van der Waals surface area contributed by atoms with Crippen LogP contribution in [0.15, 0.2) is 11.1 Å². The second-order valence-corrected chi connectivity index (χ2v) is 7.20. The van der Waals surface area contributed by atoms with Gasteiger partial charge in [-0.2, -0.15) is 0 Å². The van der Waals surface area contributed by atoms with Crippen LogP contribution in [0.1, 0.15) is 98.3 Å². The highest BCUT2D eigenvalue weighted by Gasteiger charge is 2.22. The lowest BCUT2D eigenvalue weighted by Gasteiger charge is -2.23. The molecule has 0 aromatic heterocycles. The van der Waals surface area contributed by atoms with Gasteiger partial charge in [-0.3, -0.25) is 4.79 Å². The van der Waals surface area contributed by atoms with Gasteiger partial charge < -0.3 is 10.2 Å². The Bertz CT molecular complexity index is 406. The maximum absolute atomic E-state index is 11.7. The Kier molecular flexibility index (Phi) is 13.2. The topological polar surface area (TPSA) is 74.6 Å². The first-order valence-electron chi connectivity index (χ1n) is 10.0. The summed E-state index contributed by atoms with van der Waals surface area (Å²) in [5.41, 5.74) is 0.998. The summed E-state index contributed by atoms with van der Waals surface area (Å²) in [4.78, 5) is 22.9. The van der Waals surface area contributed by atoms with Gasteiger partial charge in [0.15, 0.2) is 0 Å². The molecule has 0 aromatic carbocycles. The van der Waals surface area contributed by atoms with E-state index in [1.807, 2.05) is 0 Å². The van der Waals surface area contributed by atoms with Crippen LogP contribution in [0.2, 0.25) is 0 Å². The third kappa shape index (κ3) is 10.3. The summed E-state index contributed by atoms with van der Waals surface area (Å²) in [5.74, 6) is -1.23. The third-order valence-corrected chi connectivity index (χ3v) is 5.17. The summed E-state index contributed by atoms with van der Waals surface area (Å²) in [5, 5.41) is 18.7. The van der Waals surface area contributed by atoms with E-state index >= 15 is 0 Å². The van der Waals surface area contributed by atoms with Crippen molar-refractivity contribution in [3.8, 4) is 0 Å². The van der Waals surface area contributed by atoms with Crippen LogP contribution in [0.4, 0.5) is 0 Å². The zero-order valence-corrected chi connectivity index (χ0v) is 16.6. The Labute approximate surface area is 153 Å². The lowest BCUT2D eigenvalue weighted by atomic mass is 9.82. The van der Waals surface area contributed by atoms with Crippen LogP contribution in [-0.4, -0.2) is 22.2 Å². The molecule has 0 aliphatic rings. The summed E-state index contributed by atoms with van der Waals surface area (Å²) >= 11 is 0. The lowest BCUT2D eigenvalue weighted by molar-refractivity contribution is -0.139. The van der Waals surface area contributed by atoms with Crippen LogP contribution in [0.25, 0.3) is 0 Å². The molecule has 0 fully saturated rings. The maximum atomic E-state index is 11.7. The molecule has 0 saturated carbocycles. The van der Waals surface area contributed by atoms with Gasteiger partial charge in [0.25, 0.3) is 0 Å². The normalized spacial score (nSPS) is 13.3. The van der Waals surface area contributed by atoms with Gasteiger partial charge in [0.05, 0.1) is 6.42 Å². The van der Waals surface area contributed by atoms with Crippen molar-refractivity contribution in [2.24, 2.45) is 11.8 Å². The minimum Gasteiger partial charge on any atom is -0.481 e. The molecule has 0 radical (unpaired) electrons. The Hall–Kier alpha value is -1.32. The highest BCUT2D eigenvalue weighted by atomic mass is 16.4. The maximum Gasteiger partial charge on any atom is 0.332 e. The molecule has 0 aliphatic heterocycles. The number of hydrogen-bond donors (Lipinski definition) is 2. The van der Waals surface area contributed by atoms with Crippen molar-refractivity contribution in [2.45, 2.75) is 98.3 Å². The Morgan fingerprint density at radius 2 is 1.24 bits per heavy atom. The number of carboxylic acids is 2. The quantitative estimate of drug-likeness (QED) is 0.351. The van der Waals surface area contributed by atoms with Gasteiger partial charge in [0.1, 0.15) is 0 Å². The molecule has 0 aromatic rings. The molecule has 25 heavy (non-hydrogen) atoms. The number of allylic oxidation sites excluding steroid dienone is 1. The van der Waals surface area contributed by atoms with E-state index in [1.165, 1.54) is 0 Å². The Morgan fingerprint density at radius 3 is 1.52 bits per heavy atom. The summed E-state index contributed by atoms with van der Waals surface area (Å²) in [7, 11) is 0. The molecule has 0 spiro atoms. The van der Waals surface area contributed by atoms with E-state index in [4.69, 9.17) is 5.11 Å². The van der Waals surface area contributed by atoms with Gasteiger partial charge in [0.2, 0.25) is 0 Å². The van der Waals surface area contributed by atoms with Gasteiger partial charge in [-0.05, 0) is 24.7 Å². The summed E-state index contributed by atoms with van der Waals surface area (Å²) in [6.45, 7) is 8.61. The van der Waals surface area contributed by atoms with Gasteiger partial charge in [-0.1, -0.05) is 84.6 Å². The van der Waals surface area contributed by atoms with E-state index in [2.05, 4.69) is 27.7 Å². The first kappa shape index (κ1) is 23.7. The van der Waals surface area contributed by atoms with E-state index < -0.39 is 11.9 Å². The fourth-order valence-electron chi connectivity index (χ4n) is 3.42. The first-order chi connectivity index (χ1) is 11.9. The molecule has 0 heterocycles. The van der Waals surface area contributed by atoms with Crippen LogP contribution >= 0.6 is 0 Å². The molecule has 0 aliphatic carbocycles. The molecule has 2 N–H and O–H groups in total. The lowest BCUT2D eigenvalue weighted by Crippen LogP contribution is -2.14. The Balaban J connectivity index is 5.50. The van der Waals surface area contributed by atoms with Crippen LogP contribution in [0.5, 0.6) is 0 Å². The Morgan fingerprint density at radius 1 is 0.800 bits per heavy atom. The van der Waals surface area contributed by atoms with Crippen LogP contribution < -0.4 is 0 Å². The predicted molar refractivity (Wildman–Crippen MR) is 103 cm³/mol. The van der Waals surface area contributed by atoms with Crippen molar-refractivity contribution < 1.29 is 19.8 Å². The molecule has 0 unspecified atom stereocenters. The second kappa shape index (κ2) is 13.9. The number of rotatable bonds is 15. The average molecular weight is 355 g/mol. The van der Waals surface area contributed by atoms with E-state index in [0.717, 1.165) is 69.8 Å². The van der Waals surface area contributed by atoms with E-state index in [9.17, 15) is 14.7 Å². The summed E-state index contributed by atoms with van der Waals surface area (Å²) in [6.07, 6.45) is 9.81. The first-order valence-corrected chi connectivity index (χ1v) is 10.0. The second-order valence-electron chi connectivity index (χ2n) is 7.20. The molecule has 4 nitrogen and oxygen atoms in total. The number of carboxylic acid groups (broad SMARTS) is 2. The smallest absolute Gasteiger partial charge is 0.332 e. The number of carbonyl (C=O) groups is 2. The van der Waals surface area contributed by atoms with Crippen LogP contribution in [-0.2, 0) is 9.59 Å². The number of aliphatic carboxylic acids is 2. The molecule has 0 saturated heterocycles. The standard InChI is InChI=1S/C21H38O4/c1-5-9-11-16(7-3)13-18(14-17(8-4)12-10-6-2)19(21(24)25)15-20(22)23/h16-17H,5-15H2,1-4H3,(H,22,23)(H,24,25)/t16-,17-/m1/s1. The van der Waals surface area contributed by atoms with Gasteiger partial charge in [0, 0.05) is 5.57 Å². The predicted octanol–water partition coefficient (Wildman–Crippen LogP) is 6.06. The molecule has 0 rings (SSSR count). The zero-order valence-electron chi connectivity index (χ0n) is 16.6. The van der Waals surface area contributed by atoms with Crippen molar-refractivity contribution in [2.75, 3.05) is 0 Å². The van der Waals surface area contributed by atoms with Crippen molar-refractivity contribution in [1.82, 2.24) is 0 Å². The molecule has 0 amide bonds. The van der Waals surface area contributed by atoms with Gasteiger partial charge in [-0.25, -0.2) is 4.79 Å². The zero-order chi connectivity index (χ0) is 19.2. The fraction of sp³-hybridized carbons (Fsp3) is 0.810. The number of unbranched alkanes of at least 4 members (excludes halogenated alkanes) is 2. The van der Waals surface area contributed by atoms with Gasteiger partial charge >= 0.3 is 11.9 Å². The SMILES string of the molecule is CCCC[C@@H](CC)CC(C[C@H](CC)CCCC)=C(CC(=O)O)C(=O)O. The molecular weight excluding hydrogens is 316 g/mol. The van der Waals surface area contributed by atoms with Crippen molar-refractivity contribution in [3.63, 3.8) is 0 Å². The largest absolute Gasteiger partial charge is 0.481 e. The highest BCUT2D eigenvalue weighted by Crippen LogP contribution is 2.31. The highest BCUT2D eigenvalue weighted by molar-refractivity contribution is 5.92. The summed E-state index contributed by atoms with van der Waals surface area (Å²) < 4.78 is 0. The van der Waals surface area contributed by atoms with E-state index in [1.54, 1.807) is 0 Å². The third-order valence-electron chi connectivity index (χ3n) is 5.17. The van der Waals surface area contributed by atoms with Crippen molar-refractivity contribution in [3.05, 3.63) is 11.1 Å². The van der Waals surface area contributed by atoms with Crippen LogP contribution in [0.3, 0.4) is 0 Å². The summed E-state index contributed by atoms with van der Waals surface area (Å²) in [6, 6.07) is 0. The minimum absolute atomic E-state index is 0.123. The van der Waals surface area contributed by atoms with E-state index in [-0.39, 0.29) is 12.0 Å². The molecule has 0 bridgehead atoms. The van der Waals surface area contributed by atoms with Crippen molar-refractivity contribution in [1.29, 1.82) is 0 Å². The molecule has 146 valence electrons. The van der Waals surface area contributed by atoms with E-state index in [0.29, 0.717) is 11.8 Å². The monoisotopic (exact) mass is 354 g/mol. The molecular formula is C21H38O4. The van der Waals surface area contributed by atoms with Crippen LogP contribution in [0, 0.1) is 11.8 Å². The molecule has 2 atom stereocenters. The van der Waals surface area contributed by atoms with Gasteiger partial charge in [-0.15, -0.1) is 0 Å². The number of hydrogen-bond acceptors (Lipinski definition) is 2.